The number of hydrogen-bond donors (Lipinski definition) is 0. The van der Waals surface area contributed by atoms with Crippen LogP contribution in [0, 0.1) is 0 Å². The standard InChI is InChI=1S/C55H102O6/c1-4-7-10-13-16-19-22-24-26-28-30-33-36-39-42-45-48-54(57)60-51-52(50-59-53(56)47-44-41-38-35-32-21-18-15-12-9-6-3)61-55(58)49-46-43-40-37-34-31-29-27-25-23-20-17-14-11-8-5-2/h19,22,26,28,52H,4-18,20-21,23-25,27,29-51H2,1-3H3/b22-19-,28-26-. The molecule has 0 aliphatic heterocycles. The number of allylic oxidation sites excluding steroid dienone is 4. The Kier molecular flexibility index (Phi) is 48.8. The number of unbranched alkanes of at least 4 members (excludes halogenated alkanes) is 34. The molecule has 61 heavy (non-hydrogen) atoms. The van der Waals surface area contributed by atoms with Gasteiger partial charge in [-0.3, -0.25) is 14.4 Å². The van der Waals surface area contributed by atoms with E-state index in [-0.39, 0.29) is 31.1 Å². The fourth-order valence-electron chi connectivity index (χ4n) is 7.89. The Morgan fingerprint density at radius 1 is 0.328 bits per heavy atom. The SMILES string of the molecule is CCCCCC/C=C\C/C=C\CCCCCCCC(=O)OCC(COC(=O)CCCCCCCCCCCCC)OC(=O)CCCCCCCCCCCCCCCCCC. The van der Waals surface area contributed by atoms with Crippen molar-refractivity contribution in [2.75, 3.05) is 13.2 Å². The molecule has 6 heteroatoms. The topological polar surface area (TPSA) is 78.9 Å². The van der Waals surface area contributed by atoms with Gasteiger partial charge in [0, 0.05) is 19.3 Å². The summed E-state index contributed by atoms with van der Waals surface area (Å²) < 4.78 is 16.8. The summed E-state index contributed by atoms with van der Waals surface area (Å²) in [5, 5.41) is 0. The second-order valence-corrected chi connectivity index (χ2v) is 18.2. The molecule has 1 atom stereocenters. The van der Waals surface area contributed by atoms with E-state index in [2.05, 4.69) is 45.1 Å². The lowest BCUT2D eigenvalue weighted by molar-refractivity contribution is -0.167. The molecule has 0 amide bonds. The Morgan fingerprint density at radius 2 is 0.590 bits per heavy atom. The summed E-state index contributed by atoms with van der Waals surface area (Å²) in [7, 11) is 0. The van der Waals surface area contributed by atoms with Crippen LogP contribution in [0.4, 0.5) is 0 Å². The van der Waals surface area contributed by atoms with Crippen molar-refractivity contribution in [3.8, 4) is 0 Å². The molecule has 0 N–H and O–H groups in total. The minimum atomic E-state index is -0.770. The monoisotopic (exact) mass is 859 g/mol. The third-order valence-electron chi connectivity index (χ3n) is 12.0. The summed E-state index contributed by atoms with van der Waals surface area (Å²) >= 11 is 0. The average molecular weight is 859 g/mol. The Balaban J connectivity index is 4.34. The van der Waals surface area contributed by atoms with Gasteiger partial charge in [0.1, 0.15) is 13.2 Å². The lowest BCUT2D eigenvalue weighted by Crippen LogP contribution is -2.30. The van der Waals surface area contributed by atoms with Crippen molar-refractivity contribution in [2.24, 2.45) is 0 Å². The third kappa shape index (κ3) is 48.8. The summed E-state index contributed by atoms with van der Waals surface area (Å²) in [5.74, 6) is -0.869. The molecule has 0 spiro atoms. The highest BCUT2D eigenvalue weighted by atomic mass is 16.6. The van der Waals surface area contributed by atoms with Crippen molar-refractivity contribution in [3.05, 3.63) is 24.3 Å². The van der Waals surface area contributed by atoms with Gasteiger partial charge < -0.3 is 14.2 Å². The molecule has 0 heterocycles. The lowest BCUT2D eigenvalue weighted by atomic mass is 10.0. The van der Waals surface area contributed by atoms with Gasteiger partial charge in [-0.2, -0.15) is 0 Å². The second kappa shape index (κ2) is 50.5. The highest BCUT2D eigenvalue weighted by Crippen LogP contribution is 2.16. The fraction of sp³-hybridized carbons (Fsp3) is 0.873. The van der Waals surface area contributed by atoms with Crippen LogP contribution in [0.15, 0.2) is 24.3 Å². The van der Waals surface area contributed by atoms with Crippen LogP contribution in [0.3, 0.4) is 0 Å². The van der Waals surface area contributed by atoms with Crippen molar-refractivity contribution >= 4 is 17.9 Å². The third-order valence-corrected chi connectivity index (χ3v) is 12.0. The predicted molar refractivity (Wildman–Crippen MR) is 261 cm³/mol. The van der Waals surface area contributed by atoms with Crippen LogP contribution >= 0.6 is 0 Å². The average Bonchev–Trinajstić information content (AvgIpc) is 3.26. The van der Waals surface area contributed by atoms with E-state index < -0.39 is 6.10 Å². The van der Waals surface area contributed by atoms with E-state index in [0.717, 1.165) is 77.0 Å². The molecule has 0 fully saturated rings. The molecular weight excluding hydrogens is 757 g/mol. The van der Waals surface area contributed by atoms with E-state index in [1.54, 1.807) is 0 Å². The Bertz CT molecular complexity index is 989. The molecule has 1 unspecified atom stereocenters. The lowest BCUT2D eigenvalue weighted by Gasteiger charge is -2.18. The van der Waals surface area contributed by atoms with Gasteiger partial charge in [0.2, 0.25) is 0 Å². The Morgan fingerprint density at radius 3 is 0.918 bits per heavy atom. The van der Waals surface area contributed by atoms with E-state index in [1.165, 1.54) is 173 Å². The number of hydrogen-bond acceptors (Lipinski definition) is 6. The molecule has 0 aromatic rings. The van der Waals surface area contributed by atoms with Crippen LogP contribution in [0.25, 0.3) is 0 Å². The summed E-state index contributed by atoms with van der Waals surface area (Å²) in [4.78, 5) is 38.0. The molecule has 0 aliphatic rings. The minimum Gasteiger partial charge on any atom is -0.462 e. The summed E-state index contributed by atoms with van der Waals surface area (Å²) in [6, 6.07) is 0. The van der Waals surface area contributed by atoms with Gasteiger partial charge in [-0.05, 0) is 51.4 Å². The van der Waals surface area contributed by atoms with Crippen molar-refractivity contribution < 1.29 is 28.6 Å². The summed E-state index contributed by atoms with van der Waals surface area (Å²) in [5.41, 5.74) is 0. The molecule has 0 saturated heterocycles. The van der Waals surface area contributed by atoms with Crippen LogP contribution in [0.5, 0.6) is 0 Å². The molecule has 6 nitrogen and oxygen atoms in total. The Hall–Kier alpha value is -2.11. The maximum atomic E-state index is 12.8. The first-order valence-electron chi connectivity index (χ1n) is 26.8. The maximum absolute atomic E-state index is 12.8. The molecule has 0 saturated carbocycles. The molecular formula is C55H102O6. The van der Waals surface area contributed by atoms with Gasteiger partial charge in [-0.15, -0.1) is 0 Å². The van der Waals surface area contributed by atoms with Crippen LogP contribution < -0.4 is 0 Å². The van der Waals surface area contributed by atoms with E-state index in [1.807, 2.05) is 0 Å². The molecule has 358 valence electrons. The Labute approximate surface area is 379 Å². The quantitative estimate of drug-likeness (QED) is 0.0262. The van der Waals surface area contributed by atoms with Crippen LogP contribution in [-0.4, -0.2) is 37.2 Å². The van der Waals surface area contributed by atoms with Crippen LogP contribution in [0.1, 0.15) is 290 Å². The maximum Gasteiger partial charge on any atom is 0.306 e. The smallest absolute Gasteiger partial charge is 0.306 e. The van der Waals surface area contributed by atoms with Crippen molar-refractivity contribution in [3.63, 3.8) is 0 Å². The van der Waals surface area contributed by atoms with E-state index in [9.17, 15) is 14.4 Å². The van der Waals surface area contributed by atoms with Gasteiger partial charge >= 0.3 is 17.9 Å². The highest BCUT2D eigenvalue weighted by Gasteiger charge is 2.19. The van der Waals surface area contributed by atoms with Gasteiger partial charge in [0.05, 0.1) is 0 Å². The zero-order chi connectivity index (χ0) is 44.4. The zero-order valence-corrected chi connectivity index (χ0v) is 40.9. The van der Waals surface area contributed by atoms with E-state index in [4.69, 9.17) is 14.2 Å². The molecule has 0 aromatic carbocycles. The minimum absolute atomic E-state index is 0.0708. The van der Waals surface area contributed by atoms with Gasteiger partial charge in [-0.25, -0.2) is 0 Å². The van der Waals surface area contributed by atoms with E-state index >= 15 is 0 Å². The first-order valence-corrected chi connectivity index (χ1v) is 26.8. The second-order valence-electron chi connectivity index (χ2n) is 18.2. The first-order chi connectivity index (χ1) is 30.0. The molecule has 0 rings (SSSR count). The highest BCUT2D eigenvalue weighted by molar-refractivity contribution is 5.71. The number of rotatable bonds is 49. The predicted octanol–water partition coefficient (Wildman–Crippen LogP) is 17.5. The van der Waals surface area contributed by atoms with Crippen molar-refractivity contribution in [2.45, 2.75) is 297 Å². The van der Waals surface area contributed by atoms with Crippen LogP contribution in [-0.2, 0) is 28.6 Å². The number of carbonyl (C=O) groups excluding carboxylic acids is 3. The van der Waals surface area contributed by atoms with E-state index in [0.29, 0.717) is 19.3 Å². The number of carbonyl (C=O) groups is 3. The zero-order valence-electron chi connectivity index (χ0n) is 40.9. The van der Waals surface area contributed by atoms with Gasteiger partial charge in [0.15, 0.2) is 6.10 Å². The van der Waals surface area contributed by atoms with Crippen molar-refractivity contribution in [1.82, 2.24) is 0 Å². The summed E-state index contributed by atoms with van der Waals surface area (Å²) in [6.45, 7) is 6.64. The largest absolute Gasteiger partial charge is 0.462 e. The van der Waals surface area contributed by atoms with Crippen LogP contribution in [0.2, 0.25) is 0 Å². The molecule has 0 aliphatic carbocycles. The molecule has 0 aromatic heterocycles. The fourth-order valence-corrected chi connectivity index (χ4v) is 7.89. The molecule has 0 radical (unpaired) electrons. The first kappa shape index (κ1) is 58.9. The van der Waals surface area contributed by atoms with Gasteiger partial charge in [0.25, 0.3) is 0 Å². The van der Waals surface area contributed by atoms with Crippen molar-refractivity contribution in [1.29, 1.82) is 0 Å². The number of ether oxygens (including phenoxy) is 3. The normalized spacial score (nSPS) is 12.1. The summed E-state index contributed by atoms with van der Waals surface area (Å²) in [6.07, 6.45) is 57.3. The number of esters is 3. The van der Waals surface area contributed by atoms with Gasteiger partial charge in [-0.1, -0.05) is 244 Å². The molecule has 0 bridgehead atoms.